The summed E-state index contributed by atoms with van der Waals surface area (Å²) in [5.74, 6) is 0.759. The predicted molar refractivity (Wildman–Crippen MR) is 152 cm³/mol. The molecule has 0 bridgehead atoms. The van der Waals surface area contributed by atoms with Gasteiger partial charge in [-0.15, -0.1) is 0 Å². The summed E-state index contributed by atoms with van der Waals surface area (Å²) >= 11 is 6.09. The summed E-state index contributed by atoms with van der Waals surface area (Å²) in [4.78, 5) is 28.6. The van der Waals surface area contributed by atoms with Gasteiger partial charge >= 0.3 is 0 Å². The van der Waals surface area contributed by atoms with Gasteiger partial charge in [0, 0.05) is 42.2 Å². The molecule has 3 aromatic carbocycles. The first kappa shape index (κ1) is 27.2. The van der Waals surface area contributed by atoms with Crippen LogP contribution in [0.25, 0.3) is 10.8 Å². The molecule has 0 radical (unpaired) electrons. The largest absolute Gasteiger partial charge is 0.350 e. The molecule has 5 nitrogen and oxygen atoms in total. The minimum atomic E-state index is -0.247. The van der Waals surface area contributed by atoms with Gasteiger partial charge in [0.25, 0.3) is 5.91 Å². The summed E-state index contributed by atoms with van der Waals surface area (Å²) in [5.41, 5.74) is 1.89. The maximum Gasteiger partial charge on any atom is 0.251 e. The number of hydrogen-bond acceptors (Lipinski definition) is 3. The van der Waals surface area contributed by atoms with Crippen molar-refractivity contribution in [2.45, 2.75) is 58.0 Å². The Morgan fingerprint density at radius 1 is 1.08 bits per heavy atom. The molecule has 3 atom stereocenters. The van der Waals surface area contributed by atoms with Crippen LogP contribution in [0.5, 0.6) is 0 Å². The maximum absolute atomic E-state index is 13.6. The summed E-state index contributed by atoms with van der Waals surface area (Å²) in [6.07, 6.45) is 2.55. The molecule has 196 valence electrons. The Hall–Kier alpha value is -2.89. The summed E-state index contributed by atoms with van der Waals surface area (Å²) in [6, 6.07) is 21.5. The van der Waals surface area contributed by atoms with Gasteiger partial charge in [-0.3, -0.25) is 9.59 Å². The van der Waals surface area contributed by atoms with E-state index in [1.807, 2.05) is 47.4 Å². The van der Waals surface area contributed by atoms with Crippen LogP contribution in [0.15, 0.2) is 66.7 Å². The van der Waals surface area contributed by atoms with Crippen LogP contribution in [0.2, 0.25) is 5.02 Å². The molecule has 1 aliphatic rings. The second kappa shape index (κ2) is 12.6. The van der Waals surface area contributed by atoms with Gasteiger partial charge in [0.05, 0.1) is 6.04 Å². The number of halogens is 1. The second-order valence-corrected chi connectivity index (χ2v) is 11.0. The Morgan fingerprint density at radius 2 is 1.81 bits per heavy atom. The van der Waals surface area contributed by atoms with E-state index in [1.165, 1.54) is 5.56 Å². The van der Waals surface area contributed by atoms with E-state index in [-0.39, 0.29) is 23.9 Å². The highest BCUT2D eigenvalue weighted by molar-refractivity contribution is 6.31. The molecule has 1 saturated heterocycles. The van der Waals surface area contributed by atoms with Crippen LogP contribution in [0.3, 0.4) is 0 Å². The van der Waals surface area contributed by atoms with E-state index in [4.69, 9.17) is 11.6 Å². The molecular formula is C31H38ClN3O2. The molecule has 3 aromatic rings. The zero-order valence-electron chi connectivity index (χ0n) is 22.0. The van der Waals surface area contributed by atoms with Crippen LogP contribution in [0.4, 0.5) is 0 Å². The minimum Gasteiger partial charge on any atom is -0.350 e. The van der Waals surface area contributed by atoms with Crippen molar-refractivity contribution in [3.8, 4) is 0 Å². The van der Waals surface area contributed by atoms with Gasteiger partial charge in [-0.2, -0.15) is 0 Å². The number of rotatable bonds is 9. The van der Waals surface area contributed by atoms with E-state index < -0.39 is 0 Å². The SMILES string of the molecule is CC[C@H](CN1CC[C@H](CNC(=O)c2ccc3cc(Cl)ccc3c2)N[C@H](CC(C)C)C1=O)c1ccccc1. The Kier molecular flexibility index (Phi) is 9.23. The van der Waals surface area contributed by atoms with E-state index in [0.717, 1.165) is 36.6 Å². The molecule has 0 aromatic heterocycles. The molecule has 37 heavy (non-hydrogen) atoms. The van der Waals surface area contributed by atoms with Crippen molar-refractivity contribution in [2.75, 3.05) is 19.6 Å². The molecule has 2 amide bonds. The van der Waals surface area contributed by atoms with Gasteiger partial charge in [-0.1, -0.05) is 74.8 Å². The number of hydrogen-bond donors (Lipinski definition) is 2. The highest BCUT2D eigenvalue weighted by atomic mass is 35.5. The molecule has 1 fully saturated rings. The molecule has 0 unspecified atom stereocenters. The molecule has 0 spiro atoms. The molecule has 4 rings (SSSR count). The third-order valence-corrected chi connectivity index (χ3v) is 7.51. The lowest BCUT2D eigenvalue weighted by Crippen LogP contribution is -2.49. The quantitative estimate of drug-likeness (QED) is 0.363. The molecule has 1 heterocycles. The van der Waals surface area contributed by atoms with Crippen LogP contribution in [-0.4, -0.2) is 48.4 Å². The molecule has 1 aliphatic heterocycles. The Labute approximate surface area is 225 Å². The molecular weight excluding hydrogens is 482 g/mol. The normalized spacial score (nSPS) is 19.2. The first-order valence-corrected chi connectivity index (χ1v) is 13.8. The molecule has 0 aliphatic carbocycles. The van der Waals surface area contributed by atoms with Crippen LogP contribution < -0.4 is 10.6 Å². The number of carbonyl (C=O) groups excluding carboxylic acids is 2. The lowest BCUT2D eigenvalue weighted by molar-refractivity contribution is -0.133. The molecule has 2 N–H and O–H groups in total. The van der Waals surface area contributed by atoms with E-state index >= 15 is 0 Å². The number of nitrogens with one attached hydrogen (secondary N) is 2. The van der Waals surface area contributed by atoms with Crippen molar-refractivity contribution in [3.63, 3.8) is 0 Å². The highest BCUT2D eigenvalue weighted by Crippen LogP contribution is 2.24. The number of amides is 2. The van der Waals surface area contributed by atoms with Crippen LogP contribution in [0.1, 0.15) is 61.9 Å². The number of fused-ring (bicyclic) bond motifs is 1. The van der Waals surface area contributed by atoms with Gasteiger partial charge in [-0.25, -0.2) is 0 Å². The van der Waals surface area contributed by atoms with Crippen molar-refractivity contribution in [1.82, 2.24) is 15.5 Å². The number of nitrogens with zero attached hydrogens (tertiary/aromatic N) is 1. The van der Waals surface area contributed by atoms with E-state index in [2.05, 4.69) is 55.7 Å². The van der Waals surface area contributed by atoms with Crippen molar-refractivity contribution >= 4 is 34.2 Å². The average Bonchev–Trinajstić information content (AvgIpc) is 3.04. The average molecular weight is 520 g/mol. The predicted octanol–water partition coefficient (Wildman–Crippen LogP) is 6.02. The summed E-state index contributed by atoms with van der Waals surface area (Å²) in [7, 11) is 0. The highest BCUT2D eigenvalue weighted by Gasteiger charge is 2.32. The zero-order chi connectivity index (χ0) is 26.4. The lowest BCUT2D eigenvalue weighted by Gasteiger charge is -2.29. The van der Waals surface area contributed by atoms with Crippen molar-refractivity contribution < 1.29 is 9.59 Å². The number of carbonyl (C=O) groups is 2. The monoisotopic (exact) mass is 519 g/mol. The van der Waals surface area contributed by atoms with Gasteiger partial charge in [0.1, 0.15) is 0 Å². The Morgan fingerprint density at radius 3 is 2.54 bits per heavy atom. The fourth-order valence-electron chi connectivity index (χ4n) is 5.20. The standard InChI is InChI=1S/C31H38ClN3O2/c1-4-22(23-8-6-5-7-9-23)20-35-15-14-28(34-29(31(35)37)16-21(2)3)19-33-30(36)26-11-10-25-18-27(32)13-12-24(25)17-26/h5-13,17-18,21-22,28-29,34H,4,14-16,19-20H2,1-3H3,(H,33,36)/t22-,28-,29-/m1/s1. The van der Waals surface area contributed by atoms with Crippen molar-refractivity contribution in [2.24, 2.45) is 5.92 Å². The number of benzene rings is 3. The van der Waals surface area contributed by atoms with E-state index in [0.29, 0.717) is 35.5 Å². The van der Waals surface area contributed by atoms with Crippen LogP contribution >= 0.6 is 11.6 Å². The summed E-state index contributed by atoms with van der Waals surface area (Å²) < 4.78 is 0. The van der Waals surface area contributed by atoms with Crippen molar-refractivity contribution in [3.05, 3.63) is 82.9 Å². The minimum absolute atomic E-state index is 0.0257. The van der Waals surface area contributed by atoms with Crippen molar-refractivity contribution in [1.29, 1.82) is 0 Å². The smallest absolute Gasteiger partial charge is 0.251 e. The third kappa shape index (κ3) is 7.12. The van der Waals surface area contributed by atoms with Crippen LogP contribution in [0, 0.1) is 5.92 Å². The topological polar surface area (TPSA) is 61.4 Å². The van der Waals surface area contributed by atoms with Gasteiger partial charge in [-0.05, 0) is 65.8 Å². The lowest BCUT2D eigenvalue weighted by atomic mass is 9.95. The summed E-state index contributed by atoms with van der Waals surface area (Å²) in [6.45, 7) is 8.35. The summed E-state index contributed by atoms with van der Waals surface area (Å²) in [5, 5.41) is 9.34. The zero-order valence-corrected chi connectivity index (χ0v) is 22.8. The van der Waals surface area contributed by atoms with Crippen LogP contribution in [-0.2, 0) is 4.79 Å². The van der Waals surface area contributed by atoms with Gasteiger partial charge in [0.2, 0.25) is 5.91 Å². The first-order valence-electron chi connectivity index (χ1n) is 13.4. The molecule has 6 heteroatoms. The third-order valence-electron chi connectivity index (χ3n) is 7.28. The van der Waals surface area contributed by atoms with Gasteiger partial charge < -0.3 is 15.5 Å². The van der Waals surface area contributed by atoms with E-state index in [1.54, 1.807) is 0 Å². The fraction of sp³-hybridized carbons (Fsp3) is 0.419. The fourth-order valence-corrected chi connectivity index (χ4v) is 5.38. The Bertz CT molecular complexity index is 1210. The first-order chi connectivity index (χ1) is 17.8. The second-order valence-electron chi connectivity index (χ2n) is 10.6. The Balaban J connectivity index is 1.43. The van der Waals surface area contributed by atoms with E-state index in [9.17, 15) is 9.59 Å². The molecule has 0 saturated carbocycles. The maximum atomic E-state index is 13.6. The van der Waals surface area contributed by atoms with Gasteiger partial charge in [0.15, 0.2) is 0 Å².